The van der Waals surface area contributed by atoms with Crippen LogP contribution in [0.5, 0.6) is 0 Å². The number of carbonyl (C=O) groups is 1. The third-order valence-electron chi connectivity index (χ3n) is 3.68. The van der Waals surface area contributed by atoms with Crippen molar-refractivity contribution >= 4 is 11.5 Å². The van der Waals surface area contributed by atoms with Crippen LogP contribution in [0.15, 0.2) is 42.5 Å². The van der Waals surface area contributed by atoms with E-state index in [1.54, 1.807) is 13.0 Å². The molecule has 3 heteroatoms. The molecule has 0 spiro atoms. The number of unbranched alkanes of at least 4 members (excludes halogenated alkanes) is 1. The standard InChI is InChI=1S/C19H24N2O/c1-3-4-8-16-9-5-6-11-19(16)20-14-13-17-10-7-12-18(21-17)15(2)22/h5-7,9-12,20H,3-4,8,13-14H2,1-2H3. The molecule has 1 aromatic carbocycles. The summed E-state index contributed by atoms with van der Waals surface area (Å²) in [5.74, 6) is 0.0136. The van der Waals surface area contributed by atoms with Crippen molar-refractivity contribution < 1.29 is 4.79 Å². The molecule has 0 aliphatic carbocycles. The second-order valence-corrected chi connectivity index (χ2v) is 5.51. The van der Waals surface area contributed by atoms with E-state index in [-0.39, 0.29) is 5.78 Å². The summed E-state index contributed by atoms with van der Waals surface area (Å²) in [5, 5.41) is 3.49. The SMILES string of the molecule is CCCCc1ccccc1NCCc1cccc(C(C)=O)n1. The number of nitrogens with one attached hydrogen (secondary N) is 1. The number of pyridine rings is 1. The summed E-state index contributed by atoms with van der Waals surface area (Å²) in [6.45, 7) is 4.58. The van der Waals surface area contributed by atoms with E-state index in [0.717, 1.165) is 25.1 Å². The molecule has 1 N–H and O–H groups in total. The summed E-state index contributed by atoms with van der Waals surface area (Å²) in [7, 11) is 0. The van der Waals surface area contributed by atoms with Crippen molar-refractivity contribution in [2.24, 2.45) is 0 Å². The van der Waals surface area contributed by atoms with Crippen molar-refractivity contribution in [1.29, 1.82) is 0 Å². The zero-order valence-corrected chi connectivity index (χ0v) is 13.4. The van der Waals surface area contributed by atoms with Gasteiger partial charge in [0.2, 0.25) is 0 Å². The van der Waals surface area contributed by atoms with Crippen LogP contribution in [0.4, 0.5) is 5.69 Å². The number of carbonyl (C=O) groups excluding carboxylic acids is 1. The molecule has 1 aromatic heterocycles. The molecular formula is C19H24N2O. The molecule has 0 saturated carbocycles. The minimum absolute atomic E-state index is 0.0136. The van der Waals surface area contributed by atoms with Crippen molar-refractivity contribution in [1.82, 2.24) is 4.98 Å². The van der Waals surface area contributed by atoms with Crippen molar-refractivity contribution in [3.63, 3.8) is 0 Å². The van der Waals surface area contributed by atoms with Gasteiger partial charge in [-0.05, 0) is 36.6 Å². The molecule has 0 saturated heterocycles. The van der Waals surface area contributed by atoms with Crippen LogP contribution in [-0.2, 0) is 12.8 Å². The monoisotopic (exact) mass is 296 g/mol. The number of Topliss-reactive ketones (excluding diaryl/α,β-unsaturated/α-hetero) is 1. The number of aromatic nitrogens is 1. The highest BCUT2D eigenvalue weighted by molar-refractivity contribution is 5.92. The van der Waals surface area contributed by atoms with Crippen molar-refractivity contribution in [3.05, 3.63) is 59.4 Å². The summed E-state index contributed by atoms with van der Waals surface area (Å²) in [4.78, 5) is 15.7. The Labute approximate surface area is 132 Å². The normalized spacial score (nSPS) is 10.5. The molecule has 0 amide bonds. The van der Waals surface area contributed by atoms with Crippen LogP contribution >= 0.6 is 0 Å². The minimum Gasteiger partial charge on any atom is -0.384 e. The number of ketones is 1. The number of rotatable bonds is 8. The Balaban J connectivity index is 1.94. The first-order valence-electron chi connectivity index (χ1n) is 7.99. The molecule has 116 valence electrons. The highest BCUT2D eigenvalue weighted by atomic mass is 16.1. The average molecular weight is 296 g/mol. The van der Waals surface area contributed by atoms with E-state index in [9.17, 15) is 4.79 Å². The van der Waals surface area contributed by atoms with Crippen LogP contribution in [0, 0.1) is 0 Å². The molecule has 0 aliphatic heterocycles. The van der Waals surface area contributed by atoms with Gasteiger partial charge < -0.3 is 5.32 Å². The Kier molecular flexibility index (Phi) is 6.13. The first-order valence-corrected chi connectivity index (χ1v) is 7.99. The highest BCUT2D eigenvalue weighted by Crippen LogP contribution is 2.17. The molecular weight excluding hydrogens is 272 g/mol. The predicted molar refractivity (Wildman–Crippen MR) is 91.5 cm³/mol. The maximum absolute atomic E-state index is 11.4. The Hall–Kier alpha value is -2.16. The van der Waals surface area contributed by atoms with E-state index in [0.29, 0.717) is 5.69 Å². The third kappa shape index (κ3) is 4.69. The van der Waals surface area contributed by atoms with E-state index in [2.05, 4.69) is 41.5 Å². The van der Waals surface area contributed by atoms with Crippen molar-refractivity contribution in [2.45, 2.75) is 39.5 Å². The molecule has 3 nitrogen and oxygen atoms in total. The van der Waals surface area contributed by atoms with Crippen LogP contribution in [0.3, 0.4) is 0 Å². The Bertz CT molecular complexity index is 622. The topological polar surface area (TPSA) is 42.0 Å². The first kappa shape index (κ1) is 16.2. The lowest BCUT2D eigenvalue weighted by molar-refractivity contribution is 0.101. The van der Waals surface area contributed by atoms with Crippen LogP contribution in [0.2, 0.25) is 0 Å². The van der Waals surface area contributed by atoms with E-state index in [1.807, 2.05) is 12.1 Å². The van der Waals surface area contributed by atoms with Crippen LogP contribution in [0.25, 0.3) is 0 Å². The van der Waals surface area contributed by atoms with E-state index in [1.165, 1.54) is 24.1 Å². The molecule has 22 heavy (non-hydrogen) atoms. The van der Waals surface area contributed by atoms with Crippen molar-refractivity contribution in [3.8, 4) is 0 Å². The van der Waals surface area contributed by atoms with Gasteiger partial charge in [-0.2, -0.15) is 0 Å². The zero-order valence-electron chi connectivity index (χ0n) is 13.4. The number of aryl methyl sites for hydroxylation is 1. The molecule has 2 rings (SSSR count). The number of hydrogen-bond donors (Lipinski definition) is 1. The summed E-state index contributed by atoms with van der Waals surface area (Å²) in [6.07, 6.45) is 4.33. The fourth-order valence-electron chi connectivity index (χ4n) is 2.42. The van der Waals surface area contributed by atoms with Gasteiger partial charge >= 0.3 is 0 Å². The summed E-state index contributed by atoms with van der Waals surface area (Å²) >= 11 is 0. The Morgan fingerprint density at radius 1 is 1.09 bits per heavy atom. The minimum atomic E-state index is 0.0136. The third-order valence-corrected chi connectivity index (χ3v) is 3.68. The number of nitrogens with zero attached hydrogens (tertiary/aromatic N) is 1. The largest absolute Gasteiger partial charge is 0.384 e. The fraction of sp³-hybridized carbons (Fsp3) is 0.368. The number of anilines is 1. The lowest BCUT2D eigenvalue weighted by atomic mass is 10.1. The fourth-order valence-corrected chi connectivity index (χ4v) is 2.42. The maximum Gasteiger partial charge on any atom is 0.178 e. The van der Waals surface area contributed by atoms with Gasteiger partial charge in [0.1, 0.15) is 5.69 Å². The second-order valence-electron chi connectivity index (χ2n) is 5.51. The smallest absolute Gasteiger partial charge is 0.178 e. The molecule has 0 bridgehead atoms. The zero-order chi connectivity index (χ0) is 15.8. The lowest BCUT2D eigenvalue weighted by Crippen LogP contribution is -2.09. The van der Waals surface area contributed by atoms with Crippen molar-refractivity contribution in [2.75, 3.05) is 11.9 Å². The van der Waals surface area contributed by atoms with Gasteiger partial charge in [0.25, 0.3) is 0 Å². The predicted octanol–water partition coefficient (Wildman–Crippen LogP) is 4.28. The molecule has 1 heterocycles. The van der Waals surface area contributed by atoms with Crippen LogP contribution in [0.1, 0.15) is 48.4 Å². The van der Waals surface area contributed by atoms with Gasteiger partial charge in [0.05, 0.1) is 0 Å². The van der Waals surface area contributed by atoms with Gasteiger partial charge in [0.15, 0.2) is 5.78 Å². The Morgan fingerprint density at radius 3 is 2.68 bits per heavy atom. The van der Waals surface area contributed by atoms with E-state index in [4.69, 9.17) is 0 Å². The van der Waals surface area contributed by atoms with E-state index >= 15 is 0 Å². The lowest BCUT2D eigenvalue weighted by Gasteiger charge is -2.11. The molecule has 0 atom stereocenters. The highest BCUT2D eigenvalue weighted by Gasteiger charge is 2.04. The average Bonchev–Trinajstić information content (AvgIpc) is 2.54. The number of benzene rings is 1. The second kappa shape index (κ2) is 8.32. The number of para-hydroxylation sites is 1. The molecule has 0 aliphatic rings. The molecule has 2 aromatic rings. The van der Waals surface area contributed by atoms with Gasteiger partial charge in [-0.15, -0.1) is 0 Å². The Morgan fingerprint density at radius 2 is 1.91 bits per heavy atom. The molecule has 0 fully saturated rings. The maximum atomic E-state index is 11.4. The van der Waals surface area contributed by atoms with Gasteiger partial charge in [-0.25, -0.2) is 4.98 Å². The summed E-state index contributed by atoms with van der Waals surface area (Å²) in [6, 6.07) is 14.1. The first-order chi connectivity index (χ1) is 10.7. The quantitative estimate of drug-likeness (QED) is 0.739. The summed E-state index contributed by atoms with van der Waals surface area (Å²) < 4.78 is 0. The van der Waals surface area contributed by atoms with Crippen LogP contribution < -0.4 is 5.32 Å². The van der Waals surface area contributed by atoms with Gasteiger partial charge in [0, 0.05) is 31.3 Å². The molecule has 0 unspecified atom stereocenters. The van der Waals surface area contributed by atoms with Gasteiger partial charge in [-0.3, -0.25) is 4.79 Å². The summed E-state index contributed by atoms with van der Waals surface area (Å²) in [5.41, 5.74) is 4.07. The van der Waals surface area contributed by atoms with Crippen LogP contribution in [-0.4, -0.2) is 17.3 Å². The number of hydrogen-bond acceptors (Lipinski definition) is 3. The van der Waals surface area contributed by atoms with Gasteiger partial charge in [-0.1, -0.05) is 37.6 Å². The molecule has 0 radical (unpaired) electrons. The van der Waals surface area contributed by atoms with E-state index < -0.39 is 0 Å².